The average molecular weight is 480 g/mol. The quantitative estimate of drug-likeness (QED) is 0.543. The van der Waals surface area contributed by atoms with Crippen molar-refractivity contribution in [3.05, 3.63) is 57.9 Å². The van der Waals surface area contributed by atoms with Crippen molar-refractivity contribution in [3.63, 3.8) is 0 Å². The fourth-order valence-corrected chi connectivity index (χ4v) is 6.24. The van der Waals surface area contributed by atoms with E-state index < -0.39 is 11.7 Å². The van der Waals surface area contributed by atoms with Gasteiger partial charge in [0, 0.05) is 48.6 Å². The normalized spacial score (nSPS) is 24.9. The van der Waals surface area contributed by atoms with E-state index in [1.165, 1.54) is 11.1 Å². The molecule has 5 heteroatoms. The summed E-state index contributed by atoms with van der Waals surface area (Å²) in [6.07, 6.45) is 2.47. The van der Waals surface area contributed by atoms with Crippen LogP contribution in [-0.4, -0.2) is 28.9 Å². The second-order valence-corrected chi connectivity index (χ2v) is 12.7. The van der Waals surface area contributed by atoms with Gasteiger partial charge in [0.05, 0.1) is 11.7 Å². The van der Waals surface area contributed by atoms with E-state index in [9.17, 15) is 5.11 Å². The summed E-state index contributed by atoms with van der Waals surface area (Å²) in [5, 5.41) is 11.5. The van der Waals surface area contributed by atoms with Crippen molar-refractivity contribution in [2.45, 2.75) is 103 Å². The van der Waals surface area contributed by atoms with Crippen molar-refractivity contribution in [3.8, 4) is 5.75 Å². The van der Waals surface area contributed by atoms with Crippen molar-refractivity contribution >= 4 is 0 Å². The Bertz CT molecular complexity index is 1090. The van der Waals surface area contributed by atoms with E-state index in [2.05, 4.69) is 60.6 Å². The molecule has 0 radical (unpaired) electrons. The van der Waals surface area contributed by atoms with Gasteiger partial charge in [0.15, 0.2) is 0 Å². The topological polar surface area (TPSA) is 60.8 Å². The fraction of sp³-hybridized carbons (Fsp3) is 0.633. The van der Waals surface area contributed by atoms with E-state index in [4.69, 9.17) is 19.2 Å². The van der Waals surface area contributed by atoms with Crippen molar-refractivity contribution in [2.75, 3.05) is 13.2 Å². The average Bonchev–Trinajstić information content (AvgIpc) is 3.06. The van der Waals surface area contributed by atoms with Crippen LogP contribution in [0, 0.1) is 5.41 Å². The molecular formula is C30H41NO4. The summed E-state index contributed by atoms with van der Waals surface area (Å²) in [5.41, 5.74) is 5.99. The van der Waals surface area contributed by atoms with E-state index in [1.807, 2.05) is 12.1 Å². The molecule has 1 fully saturated rings. The number of nitrogens with zero attached hydrogens (tertiary/aromatic N) is 1. The third-order valence-electron chi connectivity index (χ3n) is 7.62. The van der Waals surface area contributed by atoms with Crippen LogP contribution >= 0.6 is 0 Å². The van der Waals surface area contributed by atoms with Crippen LogP contribution in [0.3, 0.4) is 0 Å². The first-order valence-corrected chi connectivity index (χ1v) is 13.2. The molecule has 0 bridgehead atoms. The number of ether oxygens (including phenoxy) is 3. The third kappa shape index (κ3) is 4.52. The molecule has 1 aromatic heterocycles. The van der Waals surface area contributed by atoms with Gasteiger partial charge >= 0.3 is 0 Å². The summed E-state index contributed by atoms with van der Waals surface area (Å²) in [5.74, 6) is 1.10. The molecule has 2 atom stereocenters. The maximum Gasteiger partial charge on any atom is 0.120 e. The molecule has 1 spiro atoms. The molecular weight excluding hydrogens is 438 g/mol. The van der Waals surface area contributed by atoms with Gasteiger partial charge in [0.25, 0.3) is 0 Å². The number of aromatic nitrogens is 1. The van der Waals surface area contributed by atoms with E-state index in [1.54, 1.807) is 0 Å². The van der Waals surface area contributed by atoms with Crippen molar-refractivity contribution in [2.24, 2.45) is 5.41 Å². The minimum absolute atomic E-state index is 0.0203. The molecule has 0 saturated carbocycles. The van der Waals surface area contributed by atoms with Gasteiger partial charge in [-0.1, -0.05) is 39.8 Å². The van der Waals surface area contributed by atoms with Crippen LogP contribution in [0.5, 0.6) is 5.75 Å². The van der Waals surface area contributed by atoms with Gasteiger partial charge in [0.1, 0.15) is 17.5 Å². The summed E-state index contributed by atoms with van der Waals surface area (Å²) in [4.78, 5) is 5.25. The van der Waals surface area contributed by atoms with Crippen LogP contribution < -0.4 is 4.74 Å². The van der Waals surface area contributed by atoms with Gasteiger partial charge < -0.3 is 19.3 Å². The minimum atomic E-state index is -0.527. The molecule has 3 aliphatic rings. The molecule has 5 nitrogen and oxygen atoms in total. The van der Waals surface area contributed by atoms with Crippen LogP contribution in [0.25, 0.3) is 0 Å². The first kappa shape index (κ1) is 24.7. The molecule has 1 saturated heterocycles. The van der Waals surface area contributed by atoms with E-state index in [-0.39, 0.29) is 23.0 Å². The number of benzene rings is 1. The zero-order chi connectivity index (χ0) is 25.2. The minimum Gasteiger partial charge on any atom is -0.488 e. The second-order valence-electron chi connectivity index (χ2n) is 12.7. The van der Waals surface area contributed by atoms with Gasteiger partial charge in [-0.3, -0.25) is 4.98 Å². The highest BCUT2D eigenvalue weighted by atomic mass is 16.5. The summed E-state index contributed by atoms with van der Waals surface area (Å²) in [7, 11) is 0. The molecule has 1 aliphatic carbocycles. The van der Waals surface area contributed by atoms with Gasteiger partial charge in [-0.2, -0.15) is 0 Å². The molecule has 1 N–H and O–H groups in total. The highest BCUT2D eigenvalue weighted by molar-refractivity contribution is 5.54. The van der Waals surface area contributed by atoms with Gasteiger partial charge in [-0.05, 0) is 68.2 Å². The van der Waals surface area contributed by atoms with Gasteiger partial charge in [0.2, 0.25) is 0 Å². The van der Waals surface area contributed by atoms with Gasteiger partial charge in [-0.25, -0.2) is 0 Å². The van der Waals surface area contributed by atoms with Crippen LogP contribution in [0.2, 0.25) is 0 Å². The first-order valence-electron chi connectivity index (χ1n) is 13.2. The Morgan fingerprint density at radius 3 is 2.31 bits per heavy atom. The highest BCUT2D eigenvalue weighted by Gasteiger charge is 2.52. The van der Waals surface area contributed by atoms with E-state index in [0.29, 0.717) is 13.2 Å². The fourth-order valence-electron chi connectivity index (χ4n) is 6.24. The monoisotopic (exact) mass is 479 g/mol. The number of hydrogen-bond donors (Lipinski definition) is 1. The van der Waals surface area contributed by atoms with Crippen LogP contribution in [0.1, 0.15) is 119 Å². The highest BCUT2D eigenvalue weighted by Crippen LogP contribution is 2.57. The lowest BCUT2D eigenvalue weighted by Gasteiger charge is -2.40. The zero-order valence-electron chi connectivity index (χ0n) is 22.4. The standard InChI is InChI=1S/C30H41NO4/c1-18(2)26-24-25(23-21(31-26)16-29(6,7)17-22(23)32)30(12-14-33-15-13-30)35-27(24)19-8-10-20(11-9-19)34-28(3,4)5/h8-11,18,22,27,32H,12-17H2,1-7H3/t22-,27?/m0/s1. The lowest BCUT2D eigenvalue weighted by molar-refractivity contribution is -0.122. The predicted octanol–water partition coefficient (Wildman–Crippen LogP) is 6.51. The van der Waals surface area contributed by atoms with E-state index >= 15 is 0 Å². The summed E-state index contributed by atoms with van der Waals surface area (Å²) < 4.78 is 18.9. The van der Waals surface area contributed by atoms with Crippen molar-refractivity contribution in [1.82, 2.24) is 4.98 Å². The Hall–Kier alpha value is -1.95. The molecule has 1 aromatic carbocycles. The van der Waals surface area contributed by atoms with Crippen molar-refractivity contribution < 1.29 is 19.3 Å². The Morgan fingerprint density at radius 2 is 1.71 bits per heavy atom. The first-order chi connectivity index (χ1) is 16.4. The lowest BCUT2D eigenvalue weighted by Crippen LogP contribution is -2.37. The maximum absolute atomic E-state index is 11.5. The summed E-state index contributed by atoms with van der Waals surface area (Å²) in [6.45, 7) is 16.4. The maximum atomic E-state index is 11.5. The number of aliphatic hydroxyl groups is 1. The molecule has 1 unspecified atom stereocenters. The van der Waals surface area contributed by atoms with Crippen LogP contribution in [0.4, 0.5) is 0 Å². The zero-order valence-corrected chi connectivity index (χ0v) is 22.4. The van der Waals surface area contributed by atoms with Crippen molar-refractivity contribution in [1.29, 1.82) is 0 Å². The SMILES string of the molecule is CC(C)c1nc2c(c3c1C(c1ccc(OC(C)(C)C)cc1)OC31CCOCC1)[C@@H](O)CC(C)(C)C2. The number of hydrogen-bond acceptors (Lipinski definition) is 5. The molecule has 35 heavy (non-hydrogen) atoms. The Labute approximate surface area is 210 Å². The molecule has 3 heterocycles. The number of fused-ring (bicyclic) bond motifs is 4. The van der Waals surface area contributed by atoms with E-state index in [0.717, 1.165) is 53.9 Å². The molecule has 2 aliphatic heterocycles. The summed E-state index contributed by atoms with van der Waals surface area (Å²) in [6, 6.07) is 8.32. The second kappa shape index (κ2) is 8.57. The predicted molar refractivity (Wildman–Crippen MR) is 137 cm³/mol. The Balaban J connectivity index is 1.69. The lowest BCUT2D eigenvalue weighted by atomic mass is 9.70. The van der Waals surface area contributed by atoms with Crippen LogP contribution in [0.15, 0.2) is 24.3 Å². The molecule has 2 aromatic rings. The molecule has 5 rings (SSSR count). The number of pyridine rings is 1. The number of rotatable bonds is 3. The Morgan fingerprint density at radius 1 is 1.06 bits per heavy atom. The molecule has 0 amide bonds. The largest absolute Gasteiger partial charge is 0.488 e. The third-order valence-corrected chi connectivity index (χ3v) is 7.62. The van der Waals surface area contributed by atoms with Gasteiger partial charge in [-0.15, -0.1) is 0 Å². The number of aliphatic hydroxyl groups excluding tert-OH is 1. The Kier molecular flexibility index (Phi) is 6.05. The smallest absolute Gasteiger partial charge is 0.120 e. The van der Waals surface area contributed by atoms with Crippen LogP contribution in [-0.2, 0) is 21.5 Å². The summed E-state index contributed by atoms with van der Waals surface area (Å²) >= 11 is 0. The molecule has 190 valence electrons.